The maximum atomic E-state index is 7.73. The van der Waals surface area contributed by atoms with Gasteiger partial charge in [-0.15, -0.1) is 0 Å². The first-order chi connectivity index (χ1) is 6.11. The Morgan fingerprint density at radius 2 is 2.23 bits per heavy atom. The van der Waals surface area contributed by atoms with Crippen LogP contribution in [0.2, 0.25) is 0 Å². The summed E-state index contributed by atoms with van der Waals surface area (Å²) in [6.45, 7) is 4.43. The molecule has 0 saturated carbocycles. The van der Waals surface area contributed by atoms with Crippen molar-refractivity contribution in [2.45, 2.75) is 32.2 Å². The fourth-order valence-electron chi connectivity index (χ4n) is 1.78. The molecule has 0 aliphatic carbocycles. The van der Waals surface area contributed by atoms with Crippen molar-refractivity contribution in [3.05, 3.63) is 0 Å². The van der Waals surface area contributed by atoms with Crippen molar-refractivity contribution in [1.82, 2.24) is 9.80 Å². The quantitative estimate of drug-likeness (QED) is 0.714. The zero-order chi connectivity index (χ0) is 9.84. The zero-order valence-corrected chi connectivity index (χ0v) is 9.01. The van der Waals surface area contributed by atoms with E-state index < -0.39 is 0 Å². The molecule has 3 heteroatoms. The Kier molecular flexibility index (Phi) is 3.72. The molecule has 3 nitrogen and oxygen atoms in total. The molecule has 0 bridgehead atoms. The fourth-order valence-corrected chi connectivity index (χ4v) is 1.78. The van der Waals surface area contributed by atoms with E-state index in [4.69, 9.17) is 5.41 Å². The van der Waals surface area contributed by atoms with Crippen molar-refractivity contribution in [2.24, 2.45) is 0 Å². The Morgan fingerprint density at radius 3 is 2.69 bits per heavy atom. The number of hydrogen-bond donors (Lipinski definition) is 1. The molecule has 1 atom stereocenters. The average Bonchev–Trinajstić information content (AvgIpc) is 2.47. The van der Waals surface area contributed by atoms with Crippen molar-refractivity contribution < 1.29 is 0 Å². The lowest BCUT2D eigenvalue weighted by atomic mass is 10.2. The summed E-state index contributed by atoms with van der Waals surface area (Å²) >= 11 is 0. The summed E-state index contributed by atoms with van der Waals surface area (Å²) in [6, 6.07) is 0.539. The van der Waals surface area contributed by atoms with Crippen LogP contribution in [0, 0.1) is 5.41 Å². The van der Waals surface area contributed by atoms with Gasteiger partial charge in [0, 0.05) is 19.0 Å². The minimum absolute atomic E-state index is 0.539. The third-order valence-corrected chi connectivity index (χ3v) is 2.69. The number of amidine groups is 1. The van der Waals surface area contributed by atoms with Crippen molar-refractivity contribution in [3.8, 4) is 0 Å². The van der Waals surface area contributed by atoms with Crippen molar-refractivity contribution in [3.63, 3.8) is 0 Å². The Balaban J connectivity index is 2.30. The molecule has 1 unspecified atom stereocenters. The maximum absolute atomic E-state index is 7.73. The topological polar surface area (TPSA) is 30.3 Å². The molecule has 0 radical (unpaired) electrons. The number of hydrogen-bond acceptors (Lipinski definition) is 2. The third-order valence-electron chi connectivity index (χ3n) is 2.69. The molecular formula is C10H21N3. The smallest absolute Gasteiger partial charge is 0.0960 e. The first kappa shape index (κ1) is 10.5. The van der Waals surface area contributed by atoms with E-state index in [1.165, 1.54) is 6.42 Å². The van der Waals surface area contributed by atoms with Crippen LogP contribution >= 0.6 is 0 Å². The van der Waals surface area contributed by atoms with Crippen LogP contribution in [-0.2, 0) is 0 Å². The molecule has 1 N–H and O–H groups in total. The predicted octanol–water partition coefficient (Wildman–Crippen LogP) is 1.40. The van der Waals surface area contributed by atoms with Crippen LogP contribution in [-0.4, -0.2) is 48.9 Å². The van der Waals surface area contributed by atoms with Crippen LogP contribution in [0.5, 0.6) is 0 Å². The first-order valence-electron chi connectivity index (χ1n) is 5.10. The third kappa shape index (κ3) is 2.99. The lowest BCUT2D eigenvalue weighted by molar-refractivity contribution is 0.293. The molecule has 0 aromatic carbocycles. The van der Waals surface area contributed by atoms with Gasteiger partial charge in [0.1, 0.15) is 0 Å². The second-order valence-electron chi connectivity index (χ2n) is 4.18. The molecule has 1 aliphatic heterocycles. The number of likely N-dealkylation sites (tertiary alicyclic amines) is 1. The largest absolute Gasteiger partial charge is 0.358 e. The average molecular weight is 183 g/mol. The van der Waals surface area contributed by atoms with Gasteiger partial charge in [-0.3, -0.25) is 5.41 Å². The van der Waals surface area contributed by atoms with E-state index in [2.05, 4.69) is 30.8 Å². The van der Waals surface area contributed by atoms with E-state index in [1.807, 2.05) is 0 Å². The molecule has 13 heavy (non-hydrogen) atoms. The summed E-state index contributed by atoms with van der Waals surface area (Å²) in [5.41, 5.74) is 0. The van der Waals surface area contributed by atoms with Gasteiger partial charge in [0.15, 0.2) is 0 Å². The lowest BCUT2D eigenvalue weighted by Gasteiger charge is -2.27. The Morgan fingerprint density at radius 1 is 1.54 bits per heavy atom. The van der Waals surface area contributed by atoms with Gasteiger partial charge in [0.2, 0.25) is 0 Å². The summed E-state index contributed by atoms with van der Waals surface area (Å²) in [4.78, 5) is 4.44. The highest BCUT2D eigenvalue weighted by Gasteiger charge is 2.21. The number of nitrogens with one attached hydrogen (secondary N) is 1. The van der Waals surface area contributed by atoms with E-state index in [0.717, 1.165) is 31.8 Å². The normalized spacial score (nSPS) is 20.0. The van der Waals surface area contributed by atoms with Crippen LogP contribution in [0.4, 0.5) is 0 Å². The van der Waals surface area contributed by atoms with Gasteiger partial charge in [0.05, 0.1) is 5.84 Å². The SMILES string of the molecule is CC(CCN(C)C)N1CCCC1=N. The maximum Gasteiger partial charge on any atom is 0.0960 e. The molecule has 1 saturated heterocycles. The van der Waals surface area contributed by atoms with Gasteiger partial charge in [-0.25, -0.2) is 0 Å². The highest BCUT2D eigenvalue weighted by molar-refractivity contribution is 5.81. The van der Waals surface area contributed by atoms with Crippen molar-refractivity contribution >= 4 is 5.84 Å². The minimum atomic E-state index is 0.539. The Labute approximate surface area is 81.2 Å². The zero-order valence-electron chi connectivity index (χ0n) is 9.01. The highest BCUT2D eigenvalue weighted by Crippen LogP contribution is 2.15. The van der Waals surface area contributed by atoms with Crippen LogP contribution < -0.4 is 0 Å². The fraction of sp³-hybridized carbons (Fsp3) is 0.900. The number of rotatable bonds is 4. The van der Waals surface area contributed by atoms with Crippen LogP contribution in [0.25, 0.3) is 0 Å². The molecule has 0 aromatic heterocycles. The predicted molar refractivity (Wildman–Crippen MR) is 56.3 cm³/mol. The molecule has 0 amide bonds. The van der Waals surface area contributed by atoms with Gasteiger partial charge in [-0.2, -0.15) is 0 Å². The molecule has 1 rings (SSSR count). The Bertz CT molecular complexity index is 177. The van der Waals surface area contributed by atoms with Crippen molar-refractivity contribution in [2.75, 3.05) is 27.2 Å². The standard InChI is InChI=1S/C10H21N3/c1-9(6-8-12(2)3)13-7-4-5-10(13)11/h9,11H,4-8H2,1-3H3. The summed E-state index contributed by atoms with van der Waals surface area (Å²) in [5.74, 6) is 0.839. The summed E-state index contributed by atoms with van der Waals surface area (Å²) in [7, 11) is 4.20. The second kappa shape index (κ2) is 4.61. The monoisotopic (exact) mass is 183 g/mol. The van der Waals surface area contributed by atoms with E-state index in [-0.39, 0.29) is 0 Å². The molecule has 0 aromatic rings. The van der Waals surface area contributed by atoms with E-state index in [0.29, 0.717) is 6.04 Å². The van der Waals surface area contributed by atoms with Gasteiger partial charge in [-0.05, 0) is 40.4 Å². The number of nitrogens with zero attached hydrogens (tertiary/aromatic N) is 2. The first-order valence-corrected chi connectivity index (χ1v) is 5.10. The van der Waals surface area contributed by atoms with Crippen molar-refractivity contribution in [1.29, 1.82) is 5.41 Å². The van der Waals surface area contributed by atoms with E-state index in [9.17, 15) is 0 Å². The van der Waals surface area contributed by atoms with Gasteiger partial charge in [-0.1, -0.05) is 0 Å². The van der Waals surface area contributed by atoms with Crippen LogP contribution in [0.3, 0.4) is 0 Å². The van der Waals surface area contributed by atoms with E-state index >= 15 is 0 Å². The molecule has 1 heterocycles. The summed E-state index contributed by atoms with van der Waals surface area (Å²) in [6.07, 6.45) is 3.31. The van der Waals surface area contributed by atoms with Crippen LogP contribution in [0.15, 0.2) is 0 Å². The molecule has 76 valence electrons. The molecule has 1 aliphatic rings. The minimum Gasteiger partial charge on any atom is -0.358 e. The van der Waals surface area contributed by atoms with Crippen LogP contribution in [0.1, 0.15) is 26.2 Å². The Hall–Kier alpha value is -0.570. The van der Waals surface area contributed by atoms with Gasteiger partial charge < -0.3 is 9.80 Å². The van der Waals surface area contributed by atoms with E-state index in [1.54, 1.807) is 0 Å². The lowest BCUT2D eigenvalue weighted by Crippen LogP contribution is -2.35. The van der Waals surface area contributed by atoms with Gasteiger partial charge >= 0.3 is 0 Å². The van der Waals surface area contributed by atoms with Gasteiger partial charge in [0.25, 0.3) is 0 Å². The molecule has 0 spiro atoms. The highest BCUT2D eigenvalue weighted by atomic mass is 15.2. The second-order valence-corrected chi connectivity index (χ2v) is 4.18. The molecular weight excluding hydrogens is 162 g/mol. The summed E-state index contributed by atoms with van der Waals surface area (Å²) in [5, 5.41) is 7.73. The summed E-state index contributed by atoms with van der Waals surface area (Å²) < 4.78 is 0. The molecule has 1 fully saturated rings.